The van der Waals surface area contributed by atoms with Gasteiger partial charge in [0, 0.05) is 20.7 Å². The molecule has 0 saturated carbocycles. The van der Waals surface area contributed by atoms with Gasteiger partial charge in [0.05, 0.1) is 16.8 Å². The van der Waals surface area contributed by atoms with Crippen LogP contribution in [0, 0.1) is 20.8 Å². The Bertz CT molecular complexity index is 865. The lowest BCUT2D eigenvalue weighted by Gasteiger charge is -2.07. The topological polar surface area (TPSA) is 50.2 Å². The summed E-state index contributed by atoms with van der Waals surface area (Å²) in [5.74, 6) is -0.918. The van der Waals surface area contributed by atoms with Crippen LogP contribution in [0.15, 0.2) is 30.3 Å². The average molecular weight is 297 g/mol. The van der Waals surface area contributed by atoms with E-state index in [0.29, 0.717) is 10.9 Å². The van der Waals surface area contributed by atoms with Gasteiger partial charge >= 0.3 is 5.97 Å². The van der Waals surface area contributed by atoms with Gasteiger partial charge in [-0.05, 0) is 45.0 Å². The van der Waals surface area contributed by atoms with Gasteiger partial charge < -0.3 is 5.11 Å². The van der Waals surface area contributed by atoms with Crippen molar-refractivity contribution >= 4 is 28.2 Å². The van der Waals surface area contributed by atoms with Crippen LogP contribution in [0.2, 0.25) is 0 Å². The molecule has 3 nitrogen and oxygen atoms in total. The molecule has 0 unspecified atom stereocenters. The second-order valence-corrected chi connectivity index (χ2v) is 6.67. The molecule has 0 bridgehead atoms. The van der Waals surface area contributed by atoms with Gasteiger partial charge in [0.25, 0.3) is 0 Å². The van der Waals surface area contributed by atoms with Crippen LogP contribution >= 0.6 is 11.3 Å². The van der Waals surface area contributed by atoms with E-state index in [0.717, 1.165) is 27.2 Å². The first-order valence-corrected chi connectivity index (χ1v) is 7.49. The minimum absolute atomic E-state index is 0.307. The predicted octanol–water partition coefficient (Wildman–Crippen LogP) is 4.59. The van der Waals surface area contributed by atoms with E-state index in [9.17, 15) is 9.90 Å². The van der Waals surface area contributed by atoms with Gasteiger partial charge in [-0.25, -0.2) is 9.78 Å². The summed E-state index contributed by atoms with van der Waals surface area (Å²) in [6, 6.07) is 9.46. The molecule has 21 heavy (non-hydrogen) atoms. The molecule has 3 aromatic rings. The summed E-state index contributed by atoms with van der Waals surface area (Å²) in [5, 5.41) is 10.2. The van der Waals surface area contributed by atoms with Crippen LogP contribution in [-0.4, -0.2) is 16.1 Å². The van der Waals surface area contributed by atoms with Gasteiger partial charge in [-0.1, -0.05) is 11.6 Å². The molecule has 0 atom stereocenters. The second kappa shape index (κ2) is 4.97. The summed E-state index contributed by atoms with van der Waals surface area (Å²) >= 11 is 1.70. The Hall–Kier alpha value is -2.20. The van der Waals surface area contributed by atoms with Crippen molar-refractivity contribution in [3.63, 3.8) is 0 Å². The molecule has 0 amide bonds. The summed E-state index contributed by atoms with van der Waals surface area (Å²) in [5.41, 5.74) is 3.80. The molecule has 106 valence electrons. The number of carbonyl (C=O) groups is 1. The van der Waals surface area contributed by atoms with E-state index in [1.54, 1.807) is 17.4 Å². The summed E-state index contributed by atoms with van der Waals surface area (Å²) in [6.07, 6.45) is 0. The fraction of sp³-hybridized carbons (Fsp3) is 0.176. The lowest BCUT2D eigenvalue weighted by atomic mass is 10.0. The molecule has 2 aromatic heterocycles. The zero-order valence-electron chi connectivity index (χ0n) is 12.1. The van der Waals surface area contributed by atoms with E-state index >= 15 is 0 Å². The lowest BCUT2D eigenvalue weighted by Crippen LogP contribution is -2.00. The van der Waals surface area contributed by atoms with E-state index in [4.69, 9.17) is 0 Å². The number of fused-ring (bicyclic) bond motifs is 1. The molecule has 0 radical (unpaired) electrons. The highest BCUT2D eigenvalue weighted by atomic mass is 32.1. The Balaban J connectivity index is 2.33. The van der Waals surface area contributed by atoms with Crippen molar-refractivity contribution in [2.75, 3.05) is 0 Å². The van der Waals surface area contributed by atoms with Crippen LogP contribution in [0.4, 0.5) is 0 Å². The van der Waals surface area contributed by atoms with E-state index in [1.807, 2.05) is 39.0 Å². The third-order valence-corrected chi connectivity index (χ3v) is 4.48. The largest absolute Gasteiger partial charge is 0.478 e. The normalized spacial score (nSPS) is 11.0. The van der Waals surface area contributed by atoms with Gasteiger partial charge in [-0.2, -0.15) is 0 Å². The van der Waals surface area contributed by atoms with Crippen molar-refractivity contribution in [1.29, 1.82) is 0 Å². The van der Waals surface area contributed by atoms with E-state index in [2.05, 4.69) is 11.1 Å². The van der Waals surface area contributed by atoms with Crippen molar-refractivity contribution in [2.45, 2.75) is 20.8 Å². The third-order valence-electron chi connectivity index (χ3n) is 3.51. The second-order valence-electron chi connectivity index (χ2n) is 5.21. The molecule has 1 aromatic carbocycles. The Morgan fingerprint density at radius 3 is 2.52 bits per heavy atom. The van der Waals surface area contributed by atoms with Crippen LogP contribution in [-0.2, 0) is 0 Å². The maximum absolute atomic E-state index is 11.6. The number of nitrogens with zero attached hydrogens (tertiary/aromatic N) is 1. The maximum atomic E-state index is 11.6. The number of thiophene rings is 1. The summed E-state index contributed by atoms with van der Waals surface area (Å²) in [6.45, 7) is 6.03. The van der Waals surface area contributed by atoms with E-state index < -0.39 is 5.97 Å². The van der Waals surface area contributed by atoms with E-state index in [1.165, 1.54) is 4.88 Å². The molecule has 1 N–H and O–H groups in total. The molecule has 0 saturated heterocycles. The number of aromatic nitrogens is 1. The number of carboxylic acids is 1. The zero-order chi connectivity index (χ0) is 15.1. The molecule has 0 aliphatic carbocycles. The molecule has 0 aliphatic rings. The van der Waals surface area contributed by atoms with Crippen molar-refractivity contribution in [3.8, 4) is 11.3 Å². The molecular formula is C17H15NO2S. The number of aryl methyl sites for hydroxylation is 3. The monoisotopic (exact) mass is 297 g/mol. The fourth-order valence-corrected chi connectivity index (χ4v) is 3.47. The molecule has 2 heterocycles. The molecule has 3 rings (SSSR count). The molecule has 0 fully saturated rings. The summed E-state index contributed by atoms with van der Waals surface area (Å²) in [7, 11) is 0. The molecule has 4 heteroatoms. The highest BCUT2D eigenvalue weighted by molar-refractivity contribution is 7.12. The number of rotatable bonds is 2. The average Bonchev–Trinajstić information content (AvgIpc) is 2.76. The van der Waals surface area contributed by atoms with Crippen molar-refractivity contribution in [2.24, 2.45) is 0 Å². The van der Waals surface area contributed by atoms with E-state index in [-0.39, 0.29) is 0 Å². The first kappa shape index (κ1) is 13.8. The number of carboxylic acid groups (broad SMARTS) is 1. The minimum Gasteiger partial charge on any atom is -0.478 e. The standard InChI is InChI=1S/C17H15NO2S/c1-9-4-5-15-13(6-9)14(17(19)20)8-16(18-15)12-7-10(2)21-11(12)3/h4-8H,1-3H3,(H,19,20). The van der Waals surface area contributed by atoms with Crippen LogP contribution in [0.5, 0.6) is 0 Å². The molecule has 0 spiro atoms. The van der Waals surface area contributed by atoms with Crippen LogP contribution in [0.25, 0.3) is 22.2 Å². The highest BCUT2D eigenvalue weighted by Gasteiger charge is 2.15. The van der Waals surface area contributed by atoms with Crippen LogP contribution < -0.4 is 0 Å². The Morgan fingerprint density at radius 1 is 1.14 bits per heavy atom. The first-order chi connectivity index (χ1) is 9.95. The number of hydrogen-bond donors (Lipinski definition) is 1. The van der Waals surface area contributed by atoms with Crippen molar-refractivity contribution in [1.82, 2.24) is 4.98 Å². The smallest absolute Gasteiger partial charge is 0.336 e. The highest BCUT2D eigenvalue weighted by Crippen LogP contribution is 2.32. The Morgan fingerprint density at radius 2 is 1.90 bits per heavy atom. The number of pyridine rings is 1. The molecule has 0 aliphatic heterocycles. The number of benzene rings is 1. The van der Waals surface area contributed by atoms with Crippen LogP contribution in [0.1, 0.15) is 25.7 Å². The lowest BCUT2D eigenvalue weighted by molar-refractivity contribution is 0.0699. The predicted molar refractivity (Wildman–Crippen MR) is 86.2 cm³/mol. The quantitative estimate of drug-likeness (QED) is 0.752. The van der Waals surface area contributed by atoms with Gasteiger partial charge in [-0.3, -0.25) is 0 Å². The summed E-state index contributed by atoms with van der Waals surface area (Å²) < 4.78 is 0. The Kier molecular flexibility index (Phi) is 3.26. The summed E-state index contributed by atoms with van der Waals surface area (Å²) in [4.78, 5) is 18.6. The van der Waals surface area contributed by atoms with Crippen molar-refractivity contribution < 1.29 is 9.90 Å². The van der Waals surface area contributed by atoms with Gasteiger partial charge in [0.2, 0.25) is 0 Å². The van der Waals surface area contributed by atoms with Gasteiger partial charge in [0.15, 0.2) is 0 Å². The third kappa shape index (κ3) is 2.43. The fourth-order valence-electron chi connectivity index (χ4n) is 2.54. The van der Waals surface area contributed by atoms with Gasteiger partial charge in [0.1, 0.15) is 0 Å². The Labute approximate surface area is 126 Å². The van der Waals surface area contributed by atoms with Gasteiger partial charge in [-0.15, -0.1) is 11.3 Å². The number of aromatic carboxylic acids is 1. The SMILES string of the molecule is Cc1ccc2nc(-c3cc(C)sc3C)cc(C(=O)O)c2c1. The van der Waals surface area contributed by atoms with Crippen molar-refractivity contribution in [3.05, 3.63) is 51.2 Å². The minimum atomic E-state index is -0.918. The first-order valence-electron chi connectivity index (χ1n) is 6.68. The molecular weight excluding hydrogens is 282 g/mol. The number of hydrogen-bond acceptors (Lipinski definition) is 3. The van der Waals surface area contributed by atoms with Crippen LogP contribution in [0.3, 0.4) is 0 Å². The maximum Gasteiger partial charge on any atom is 0.336 e. The zero-order valence-corrected chi connectivity index (χ0v) is 12.9.